The molecule has 6 aromatic rings. The van der Waals surface area contributed by atoms with Gasteiger partial charge in [-0.25, -0.2) is 9.55 Å². The van der Waals surface area contributed by atoms with Gasteiger partial charge in [-0.15, -0.1) is 11.3 Å². The molecule has 3 nitrogen and oxygen atoms in total. The molecule has 2 aromatic heterocycles. The van der Waals surface area contributed by atoms with Crippen LogP contribution in [0.2, 0.25) is 0 Å². The van der Waals surface area contributed by atoms with E-state index >= 15 is 0 Å². The monoisotopic (exact) mass is 516 g/mol. The predicted octanol–water partition coefficient (Wildman–Crippen LogP) is 8.62. The maximum absolute atomic E-state index is 5.16. The molecule has 4 heteroatoms. The number of para-hydroxylation sites is 2. The van der Waals surface area contributed by atoms with Gasteiger partial charge < -0.3 is 0 Å². The van der Waals surface area contributed by atoms with Crippen LogP contribution in [0.15, 0.2) is 78.9 Å². The normalized spacial score (nSPS) is 12.1. The molecule has 6 rings (SSSR count). The van der Waals surface area contributed by atoms with E-state index in [0.717, 1.165) is 16.3 Å². The smallest absolute Gasteiger partial charge is 0.236 e. The summed E-state index contributed by atoms with van der Waals surface area (Å²) in [5, 5.41) is 1.09. The molecule has 0 atom stereocenters. The largest absolute Gasteiger partial charge is 0.295 e. The van der Waals surface area contributed by atoms with Crippen LogP contribution in [-0.4, -0.2) is 9.55 Å². The number of nitrogens with zero attached hydrogens (tertiary/aromatic N) is 3. The summed E-state index contributed by atoms with van der Waals surface area (Å²) >= 11 is 1.79. The highest BCUT2D eigenvalue weighted by atomic mass is 32.1. The molecule has 0 aliphatic heterocycles. The number of hydrogen-bond acceptors (Lipinski definition) is 2. The fraction of sp³-hybridized carbons (Fsp3) is 0.235. The van der Waals surface area contributed by atoms with Crippen LogP contribution in [0.25, 0.3) is 48.9 Å². The topological polar surface area (TPSA) is 21.7 Å². The number of rotatable bonds is 3. The third-order valence-corrected chi connectivity index (χ3v) is 8.71. The first-order valence-corrected chi connectivity index (χ1v) is 14.0. The van der Waals surface area contributed by atoms with Gasteiger partial charge in [-0.1, -0.05) is 63.2 Å². The molecule has 0 aliphatic rings. The molecule has 0 unspecified atom stereocenters. The first-order chi connectivity index (χ1) is 18.1. The second-order valence-corrected chi connectivity index (χ2v) is 12.5. The van der Waals surface area contributed by atoms with E-state index in [0.29, 0.717) is 0 Å². The van der Waals surface area contributed by atoms with Crippen LogP contribution < -0.4 is 4.57 Å². The van der Waals surface area contributed by atoms with Gasteiger partial charge in [-0.05, 0) is 84.8 Å². The Morgan fingerprint density at radius 3 is 2.16 bits per heavy atom. The summed E-state index contributed by atoms with van der Waals surface area (Å²) in [6.07, 6.45) is 0. The van der Waals surface area contributed by atoms with Crippen molar-refractivity contribution >= 4 is 32.6 Å². The Balaban J connectivity index is 1.59. The molecule has 4 aromatic carbocycles. The molecular formula is C34H34N3S+. The molecule has 38 heavy (non-hydrogen) atoms. The number of fused-ring (bicyclic) bond motifs is 2. The summed E-state index contributed by atoms with van der Waals surface area (Å²) in [6, 6.07) is 28.8. The second-order valence-electron chi connectivity index (χ2n) is 11.4. The van der Waals surface area contributed by atoms with E-state index < -0.39 is 0 Å². The quantitative estimate of drug-likeness (QED) is 0.216. The van der Waals surface area contributed by atoms with Gasteiger partial charge >= 0.3 is 0 Å². The number of benzene rings is 4. The average Bonchev–Trinajstić information content (AvgIpc) is 3.41. The van der Waals surface area contributed by atoms with Gasteiger partial charge in [0.1, 0.15) is 10.7 Å². The van der Waals surface area contributed by atoms with E-state index in [1.165, 1.54) is 54.8 Å². The molecule has 190 valence electrons. The lowest BCUT2D eigenvalue weighted by Gasteiger charge is -2.18. The van der Waals surface area contributed by atoms with Gasteiger partial charge in [0.05, 0.1) is 22.8 Å². The molecule has 0 aliphatic carbocycles. The highest BCUT2D eigenvalue weighted by molar-refractivity contribution is 7.21. The van der Waals surface area contributed by atoms with E-state index in [1.54, 1.807) is 11.3 Å². The molecular weight excluding hydrogens is 482 g/mol. The zero-order valence-electron chi connectivity index (χ0n) is 23.3. The van der Waals surface area contributed by atoms with Crippen LogP contribution in [0.4, 0.5) is 0 Å². The highest BCUT2D eigenvalue weighted by Crippen LogP contribution is 2.38. The molecule has 0 fully saturated rings. The SMILES string of the molecule is Cc1cc2sc(-c3c(C)cccc3C)nc2cc1-c1n(-c2ccc(C(C)(C)C)cc2)c2ccccc2[n+]1C. The van der Waals surface area contributed by atoms with Crippen molar-refractivity contribution in [3.8, 4) is 27.6 Å². The van der Waals surface area contributed by atoms with E-state index in [-0.39, 0.29) is 5.41 Å². The van der Waals surface area contributed by atoms with Crippen molar-refractivity contribution in [1.29, 1.82) is 0 Å². The fourth-order valence-electron chi connectivity index (χ4n) is 5.56. The Hall–Kier alpha value is -3.76. The fourth-order valence-corrected chi connectivity index (χ4v) is 6.78. The lowest BCUT2D eigenvalue weighted by atomic mass is 9.87. The maximum atomic E-state index is 5.16. The van der Waals surface area contributed by atoms with Crippen LogP contribution in [0.1, 0.15) is 43.0 Å². The maximum Gasteiger partial charge on any atom is 0.295 e. The van der Waals surface area contributed by atoms with Gasteiger partial charge in [0.2, 0.25) is 0 Å². The van der Waals surface area contributed by atoms with Crippen LogP contribution in [0, 0.1) is 20.8 Å². The third kappa shape index (κ3) is 3.95. The van der Waals surface area contributed by atoms with Crippen molar-refractivity contribution in [1.82, 2.24) is 9.55 Å². The van der Waals surface area contributed by atoms with Crippen molar-refractivity contribution in [2.24, 2.45) is 7.05 Å². The summed E-state index contributed by atoms with van der Waals surface area (Å²) in [6.45, 7) is 13.4. The van der Waals surface area contributed by atoms with Crippen LogP contribution >= 0.6 is 11.3 Å². The molecule has 0 saturated heterocycles. The lowest BCUT2D eigenvalue weighted by Crippen LogP contribution is -2.30. The standard InChI is InChI=1S/C34H34N3S/c1-21-11-10-12-22(2)31(21)32-35-27-20-26(23(3)19-30(27)38-32)33-36(7)28-13-8-9-14-29(28)37(33)25-17-15-24(16-18-25)34(4,5)6/h8-20H,1-7H3/q+1. The van der Waals surface area contributed by atoms with Gasteiger partial charge in [-0.2, -0.15) is 4.57 Å². The minimum Gasteiger partial charge on any atom is -0.236 e. The summed E-state index contributed by atoms with van der Waals surface area (Å²) in [5.74, 6) is 1.16. The minimum atomic E-state index is 0.115. The summed E-state index contributed by atoms with van der Waals surface area (Å²) in [5.41, 5.74) is 12.3. The van der Waals surface area contributed by atoms with E-state index in [2.05, 4.69) is 137 Å². The van der Waals surface area contributed by atoms with Crippen molar-refractivity contribution in [3.63, 3.8) is 0 Å². The van der Waals surface area contributed by atoms with E-state index in [9.17, 15) is 0 Å². The van der Waals surface area contributed by atoms with Gasteiger partial charge in [0.25, 0.3) is 5.82 Å². The molecule has 0 N–H and O–H groups in total. The van der Waals surface area contributed by atoms with Crippen LogP contribution in [0.5, 0.6) is 0 Å². The van der Waals surface area contributed by atoms with E-state index in [4.69, 9.17) is 4.98 Å². The summed E-state index contributed by atoms with van der Waals surface area (Å²) in [7, 11) is 2.17. The van der Waals surface area contributed by atoms with Gasteiger partial charge in [0, 0.05) is 5.56 Å². The molecule has 2 heterocycles. The van der Waals surface area contributed by atoms with Crippen molar-refractivity contribution in [2.45, 2.75) is 47.0 Å². The van der Waals surface area contributed by atoms with Gasteiger partial charge in [0.15, 0.2) is 11.0 Å². The number of hydrogen-bond donors (Lipinski definition) is 0. The molecule has 0 saturated carbocycles. The Morgan fingerprint density at radius 1 is 0.789 bits per heavy atom. The third-order valence-electron chi connectivity index (χ3n) is 7.68. The molecule has 0 spiro atoms. The summed E-state index contributed by atoms with van der Waals surface area (Å²) < 4.78 is 5.94. The second kappa shape index (κ2) is 8.92. The Morgan fingerprint density at radius 2 is 1.47 bits per heavy atom. The number of aryl methyl sites for hydroxylation is 4. The van der Waals surface area contributed by atoms with Crippen molar-refractivity contribution in [2.75, 3.05) is 0 Å². The molecule has 0 radical (unpaired) electrons. The summed E-state index contributed by atoms with van der Waals surface area (Å²) in [4.78, 5) is 5.16. The predicted molar refractivity (Wildman–Crippen MR) is 161 cm³/mol. The molecule has 0 amide bonds. The van der Waals surface area contributed by atoms with Crippen molar-refractivity contribution < 1.29 is 4.57 Å². The Labute approximate surface area is 229 Å². The number of imidazole rings is 1. The minimum absolute atomic E-state index is 0.115. The first kappa shape index (κ1) is 24.6. The number of aromatic nitrogens is 3. The van der Waals surface area contributed by atoms with Crippen LogP contribution in [0.3, 0.4) is 0 Å². The Bertz CT molecular complexity index is 1810. The average molecular weight is 517 g/mol. The Kier molecular flexibility index (Phi) is 5.77. The van der Waals surface area contributed by atoms with E-state index in [1.807, 2.05) is 0 Å². The van der Waals surface area contributed by atoms with Gasteiger partial charge in [-0.3, -0.25) is 0 Å². The molecule has 0 bridgehead atoms. The van der Waals surface area contributed by atoms with Crippen molar-refractivity contribution in [3.05, 3.63) is 101 Å². The lowest BCUT2D eigenvalue weighted by molar-refractivity contribution is -0.633. The first-order valence-electron chi connectivity index (χ1n) is 13.2. The zero-order valence-corrected chi connectivity index (χ0v) is 24.1. The van der Waals surface area contributed by atoms with Crippen LogP contribution in [-0.2, 0) is 12.5 Å². The highest BCUT2D eigenvalue weighted by Gasteiger charge is 2.28. The zero-order chi connectivity index (χ0) is 26.8. The number of thiazole rings is 1.